The summed E-state index contributed by atoms with van der Waals surface area (Å²) >= 11 is 0. The predicted octanol–water partition coefficient (Wildman–Crippen LogP) is 4.42. The second-order valence-electron chi connectivity index (χ2n) is 8.73. The first-order valence-corrected chi connectivity index (χ1v) is 11.5. The Morgan fingerprint density at radius 3 is 2.41 bits per heavy atom. The normalized spacial score (nSPS) is 12.1. The van der Waals surface area contributed by atoms with Gasteiger partial charge in [-0.15, -0.1) is 0 Å². The van der Waals surface area contributed by atoms with Crippen molar-refractivity contribution in [1.29, 1.82) is 0 Å². The summed E-state index contributed by atoms with van der Waals surface area (Å²) in [6, 6.07) is 20.1. The summed E-state index contributed by atoms with van der Waals surface area (Å²) in [5, 5.41) is 22.2. The van der Waals surface area contributed by atoms with Gasteiger partial charge < -0.3 is 23.9 Å². The molecule has 5 rings (SSSR count). The van der Waals surface area contributed by atoms with Crippen LogP contribution < -0.4 is 11.0 Å². The summed E-state index contributed by atoms with van der Waals surface area (Å²) in [5.41, 5.74) is 0.458. The fourth-order valence-electron chi connectivity index (χ4n) is 4.72. The number of carbonyl (C=O) groups excluding carboxylic acids is 1. The van der Waals surface area contributed by atoms with Crippen LogP contribution in [-0.2, 0) is 16.6 Å². The number of esters is 1. The molecule has 2 aromatic heterocycles. The number of aromatic hydroxyl groups is 2. The number of rotatable bonds is 5. The van der Waals surface area contributed by atoms with Crippen LogP contribution in [0.3, 0.4) is 0 Å². The van der Waals surface area contributed by atoms with Gasteiger partial charge in [0, 0.05) is 41.8 Å². The maximum atomic E-state index is 13.5. The minimum absolute atomic E-state index is 0.0282. The molecular formula is C29H23NO7. The van der Waals surface area contributed by atoms with Crippen molar-refractivity contribution in [2.24, 2.45) is 7.05 Å². The summed E-state index contributed by atoms with van der Waals surface area (Å²) in [5.74, 6) is -2.39. The SMILES string of the molecule is COC(=O)C[C@@H](c1cc2ccccc2n(C)c1=O)c1c(O)cc(O)c2c(=O)cc(-c3ccccc3)oc12. The number of ether oxygens (including phenoxy) is 1. The molecular weight excluding hydrogens is 474 g/mol. The lowest BCUT2D eigenvalue weighted by atomic mass is 9.86. The largest absolute Gasteiger partial charge is 0.507 e. The van der Waals surface area contributed by atoms with Crippen molar-refractivity contribution in [3.8, 4) is 22.8 Å². The Bertz CT molecular complexity index is 1780. The number of pyridine rings is 1. The summed E-state index contributed by atoms with van der Waals surface area (Å²) < 4.78 is 12.5. The molecule has 0 aliphatic rings. The Labute approximate surface area is 210 Å². The Morgan fingerprint density at radius 2 is 1.68 bits per heavy atom. The van der Waals surface area contributed by atoms with Crippen LogP contribution in [0.25, 0.3) is 33.2 Å². The second-order valence-corrected chi connectivity index (χ2v) is 8.73. The molecule has 2 heterocycles. The highest BCUT2D eigenvalue weighted by Crippen LogP contribution is 2.42. The zero-order valence-corrected chi connectivity index (χ0v) is 20.1. The molecule has 186 valence electrons. The van der Waals surface area contributed by atoms with Crippen molar-refractivity contribution in [1.82, 2.24) is 4.57 Å². The third-order valence-electron chi connectivity index (χ3n) is 6.54. The van der Waals surface area contributed by atoms with Gasteiger partial charge in [0.25, 0.3) is 5.56 Å². The van der Waals surface area contributed by atoms with Gasteiger partial charge in [-0.3, -0.25) is 14.4 Å². The molecule has 5 aromatic rings. The number of methoxy groups -OCH3 is 1. The third kappa shape index (κ3) is 4.12. The number of hydrogen-bond donors (Lipinski definition) is 2. The van der Waals surface area contributed by atoms with Gasteiger partial charge >= 0.3 is 5.97 Å². The Morgan fingerprint density at radius 1 is 0.973 bits per heavy atom. The number of aryl methyl sites for hydroxylation is 1. The number of carbonyl (C=O) groups is 1. The van der Waals surface area contributed by atoms with E-state index in [4.69, 9.17) is 9.15 Å². The first-order valence-electron chi connectivity index (χ1n) is 11.5. The van der Waals surface area contributed by atoms with Crippen molar-refractivity contribution in [3.05, 3.63) is 105 Å². The van der Waals surface area contributed by atoms with Gasteiger partial charge in [-0.05, 0) is 17.5 Å². The van der Waals surface area contributed by atoms with Gasteiger partial charge in [0.1, 0.15) is 28.2 Å². The molecule has 0 fully saturated rings. The fraction of sp³-hybridized carbons (Fsp3) is 0.138. The van der Waals surface area contributed by atoms with Crippen LogP contribution in [0.15, 0.2) is 86.8 Å². The molecule has 2 N–H and O–H groups in total. The third-order valence-corrected chi connectivity index (χ3v) is 6.54. The van der Waals surface area contributed by atoms with Crippen LogP contribution in [0.4, 0.5) is 0 Å². The van der Waals surface area contributed by atoms with Gasteiger partial charge in [0.2, 0.25) is 0 Å². The summed E-state index contributed by atoms with van der Waals surface area (Å²) in [4.78, 5) is 39.2. The monoisotopic (exact) mass is 497 g/mol. The van der Waals surface area contributed by atoms with E-state index in [-0.39, 0.29) is 34.3 Å². The van der Waals surface area contributed by atoms with Crippen LogP contribution in [0.2, 0.25) is 0 Å². The van der Waals surface area contributed by atoms with Crippen LogP contribution >= 0.6 is 0 Å². The van der Waals surface area contributed by atoms with Gasteiger partial charge in [0.15, 0.2) is 5.43 Å². The molecule has 0 radical (unpaired) electrons. The lowest BCUT2D eigenvalue weighted by Crippen LogP contribution is -2.25. The van der Waals surface area contributed by atoms with Crippen molar-refractivity contribution in [2.75, 3.05) is 7.11 Å². The quantitative estimate of drug-likeness (QED) is 0.345. The maximum Gasteiger partial charge on any atom is 0.306 e. The second kappa shape index (κ2) is 9.31. The minimum atomic E-state index is -1.05. The number of fused-ring (bicyclic) bond motifs is 2. The number of hydrogen-bond acceptors (Lipinski definition) is 7. The first kappa shape index (κ1) is 23.9. The topological polar surface area (TPSA) is 119 Å². The Kier molecular flexibility index (Phi) is 6.01. The van der Waals surface area contributed by atoms with Crippen LogP contribution in [-0.4, -0.2) is 27.9 Å². The lowest BCUT2D eigenvalue weighted by molar-refractivity contribution is -0.140. The van der Waals surface area contributed by atoms with Gasteiger partial charge in [-0.2, -0.15) is 0 Å². The summed E-state index contributed by atoms with van der Waals surface area (Å²) in [6.45, 7) is 0. The summed E-state index contributed by atoms with van der Waals surface area (Å²) in [7, 11) is 2.84. The van der Waals surface area contributed by atoms with Crippen molar-refractivity contribution in [2.45, 2.75) is 12.3 Å². The molecule has 0 saturated heterocycles. The zero-order valence-electron chi connectivity index (χ0n) is 20.1. The molecule has 8 nitrogen and oxygen atoms in total. The van der Waals surface area contributed by atoms with Gasteiger partial charge in [-0.1, -0.05) is 48.5 Å². The minimum Gasteiger partial charge on any atom is -0.507 e. The van der Waals surface area contributed by atoms with Crippen molar-refractivity contribution < 1.29 is 24.2 Å². The molecule has 3 aromatic carbocycles. The van der Waals surface area contributed by atoms with E-state index in [0.29, 0.717) is 11.1 Å². The van der Waals surface area contributed by atoms with Crippen molar-refractivity contribution >= 4 is 27.8 Å². The Hall–Kier alpha value is -4.85. The molecule has 0 unspecified atom stereocenters. The number of para-hydroxylation sites is 1. The average Bonchev–Trinajstić information content (AvgIpc) is 2.90. The first-order chi connectivity index (χ1) is 17.8. The molecule has 8 heteroatoms. The summed E-state index contributed by atoms with van der Waals surface area (Å²) in [6.07, 6.45) is -0.323. The van der Waals surface area contributed by atoms with Crippen molar-refractivity contribution in [3.63, 3.8) is 0 Å². The molecule has 0 amide bonds. The molecule has 0 spiro atoms. The highest BCUT2D eigenvalue weighted by molar-refractivity contribution is 5.91. The number of nitrogens with zero attached hydrogens (tertiary/aromatic N) is 1. The van der Waals surface area contributed by atoms with E-state index < -0.39 is 34.4 Å². The number of benzene rings is 3. The van der Waals surface area contributed by atoms with Crippen LogP contribution in [0, 0.1) is 0 Å². The number of phenols is 2. The van der Waals surface area contributed by atoms with E-state index in [1.54, 1.807) is 43.4 Å². The average molecular weight is 498 g/mol. The Balaban J connectivity index is 1.87. The van der Waals surface area contributed by atoms with Crippen LogP contribution in [0.1, 0.15) is 23.5 Å². The van der Waals surface area contributed by atoms with Gasteiger partial charge in [0.05, 0.1) is 19.0 Å². The highest BCUT2D eigenvalue weighted by atomic mass is 16.5. The lowest BCUT2D eigenvalue weighted by Gasteiger charge is -2.21. The fourth-order valence-corrected chi connectivity index (χ4v) is 4.72. The van der Waals surface area contributed by atoms with Crippen LogP contribution in [0.5, 0.6) is 11.5 Å². The number of phenolic OH excluding ortho intramolecular Hbond substituents is 2. The van der Waals surface area contributed by atoms with E-state index in [0.717, 1.165) is 11.5 Å². The standard InChI is InChI=1S/C29H23NO7/c1-30-20-11-7-6-10-17(20)12-19(29(30)35)18(13-25(34)36-2)26-21(31)14-22(32)27-23(33)15-24(37-28(26)27)16-8-4-3-5-9-16/h3-12,14-15,18,31-32H,13H2,1-2H3/t18-/m0/s1. The van der Waals surface area contributed by atoms with E-state index in [9.17, 15) is 24.6 Å². The molecule has 0 aliphatic carbocycles. The van der Waals surface area contributed by atoms with E-state index in [1.807, 2.05) is 24.3 Å². The van der Waals surface area contributed by atoms with E-state index in [2.05, 4.69) is 0 Å². The predicted molar refractivity (Wildman–Crippen MR) is 139 cm³/mol. The smallest absolute Gasteiger partial charge is 0.306 e. The molecule has 0 saturated carbocycles. The van der Waals surface area contributed by atoms with Gasteiger partial charge in [-0.25, -0.2) is 0 Å². The molecule has 0 aliphatic heterocycles. The number of aromatic nitrogens is 1. The molecule has 1 atom stereocenters. The highest BCUT2D eigenvalue weighted by Gasteiger charge is 2.30. The molecule has 37 heavy (non-hydrogen) atoms. The maximum absolute atomic E-state index is 13.5. The molecule has 0 bridgehead atoms. The zero-order chi connectivity index (χ0) is 26.3. The van der Waals surface area contributed by atoms with E-state index >= 15 is 0 Å². The van der Waals surface area contributed by atoms with E-state index in [1.165, 1.54) is 17.7 Å².